The second-order valence-corrected chi connectivity index (χ2v) is 6.73. The van der Waals surface area contributed by atoms with Crippen LogP contribution in [0.3, 0.4) is 0 Å². The first-order chi connectivity index (χ1) is 9.11. The van der Waals surface area contributed by atoms with Crippen molar-refractivity contribution in [2.75, 3.05) is 11.9 Å². The summed E-state index contributed by atoms with van der Waals surface area (Å²) in [6.07, 6.45) is 5.81. The van der Waals surface area contributed by atoms with Gasteiger partial charge in [0.05, 0.1) is 0 Å². The average molecular weight is 259 g/mol. The Balaban J connectivity index is 1.63. The molecule has 2 fully saturated rings. The summed E-state index contributed by atoms with van der Waals surface area (Å²) in [6.45, 7) is 7.47. The first-order valence-corrected chi connectivity index (χ1v) is 7.71. The Bertz CT molecular complexity index is 455. The van der Waals surface area contributed by atoms with Crippen LogP contribution in [0.15, 0.2) is 6.07 Å². The van der Waals surface area contributed by atoms with Crippen LogP contribution in [0.5, 0.6) is 0 Å². The van der Waals surface area contributed by atoms with Crippen molar-refractivity contribution in [2.45, 2.75) is 52.4 Å². The fraction of sp³-hybridized carbons (Fsp3) is 0.750. The molecule has 3 rings (SSSR count). The molecule has 3 unspecified atom stereocenters. The topological polar surface area (TPSA) is 37.8 Å². The largest absolute Gasteiger partial charge is 0.354 e. The van der Waals surface area contributed by atoms with E-state index >= 15 is 0 Å². The molecule has 1 N–H and O–H groups in total. The molecule has 3 atom stereocenters. The first-order valence-electron chi connectivity index (χ1n) is 7.71. The third-order valence-corrected chi connectivity index (χ3v) is 4.87. The molecular formula is C16H25N3. The zero-order valence-electron chi connectivity index (χ0n) is 12.3. The van der Waals surface area contributed by atoms with Crippen molar-refractivity contribution in [1.82, 2.24) is 9.97 Å². The van der Waals surface area contributed by atoms with Gasteiger partial charge < -0.3 is 5.32 Å². The van der Waals surface area contributed by atoms with Gasteiger partial charge in [-0.05, 0) is 55.9 Å². The van der Waals surface area contributed by atoms with Crippen molar-refractivity contribution >= 4 is 5.95 Å². The molecule has 104 valence electrons. The van der Waals surface area contributed by atoms with E-state index in [1.165, 1.54) is 25.7 Å². The van der Waals surface area contributed by atoms with Crippen LogP contribution < -0.4 is 5.32 Å². The van der Waals surface area contributed by atoms with E-state index in [0.29, 0.717) is 5.92 Å². The van der Waals surface area contributed by atoms with Gasteiger partial charge in [0.2, 0.25) is 5.95 Å². The Kier molecular flexibility index (Phi) is 3.46. The van der Waals surface area contributed by atoms with Crippen molar-refractivity contribution in [3.05, 3.63) is 17.5 Å². The van der Waals surface area contributed by atoms with Gasteiger partial charge in [-0.2, -0.15) is 0 Å². The van der Waals surface area contributed by atoms with Gasteiger partial charge in [-0.25, -0.2) is 9.97 Å². The molecule has 0 saturated heterocycles. The minimum absolute atomic E-state index is 0.463. The Labute approximate surface area is 116 Å². The zero-order valence-corrected chi connectivity index (χ0v) is 12.3. The predicted octanol–water partition coefficient (Wildman–Crippen LogP) is 3.76. The van der Waals surface area contributed by atoms with Crippen molar-refractivity contribution < 1.29 is 0 Å². The molecule has 1 aromatic rings. The van der Waals surface area contributed by atoms with E-state index in [2.05, 4.69) is 42.1 Å². The lowest BCUT2D eigenvalue weighted by Gasteiger charge is -2.22. The van der Waals surface area contributed by atoms with E-state index in [9.17, 15) is 0 Å². The normalized spacial score (nSPS) is 29.2. The van der Waals surface area contributed by atoms with Crippen LogP contribution in [0.2, 0.25) is 0 Å². The zero-order chi connectivity index (χ0) is 13.4. The maximum absolute atomic E-state index is 4.63. The fourth-order valence-electron chi connectivity index (χ4n) is 3.82. The maximum atomic E-state index is 4.63. The molecule has 0 amide bonds. The molecule has 2 bridgehead atoms. The van der Waals surface area contributed by atoms with Crippen LogP contribution in [0.1, 0.15) is 56.8 Å². The van der Waals surface area contributed by atoms with Gasteiger partial charge in [-0.3, -0.25) is 0 Å². The number of anilines is 1. The second kappa shape index (κ2) is 5.10. The lowest BCUT2D eigenvalue weighted by Crippen LogP contribution is -2.21. The first kappa shape index (κ1) is 12.9. The lowest BCUT2D eigenvalue weighted by molar-refractivity contribution is 0.348. The summed E-state index contributed by atoms with van der Waals surface area (Å²) >= 11 is 0. The smallest absolute Gasteiger partial charge is 0.223 e. The van der Waals surface area contributed by atoms with E-state index in [4.69, 9.17) is 0 Å². The van der Waals surface area contributed by atoms with Crippen LogP contribution in [0.4, 0.5) is 5.95 Å². The number of hydrogen-bond acceptors (Lipinski definition) is 3. The molecule has 2 aliphatic carbocycles. The van der Waals surface area contributed by atoms with E-state index in [0.717, 1.165) is 41.6 Å². The summed E-state index contributed by atoms with van der Waals surface area (Å²) in [5.74, 6) is 4.12. The molecule has 0 radical (unpaired) electrons. The molecule has 2 aliphatic rings. The second-order valence-electron chi connectivity index (χ2n) is 6.73. The summed E-state index contributed by atoms with van der Waals surface area (Å²) in [4.78, 5) is 9.15. The standard InChI is InChI=1S/C16H25N3/c1-10(2)15-6-11(3)18-16(19-15)17-9-14-8-12-4-5-13(14)7-12/h6,10,12-14H,4-5,7-9H2,1-3H3,(H,17,18,19). The third kappa shape index (κ3) is 2.75. The van der Waals surface area contributed by atoms with E-state index in [1.54, 1.807) is 0 Å². The SMILES string of the molecule is Cc1cc(C(C)C)nc(NCC2CC3CCC2C3)n1. The number of nitrogens with zero attached hydrogens (tertiary/aromatic N) is 2. The van der Waals surface area contributed by atoms with E-state index < -0.39 is 0 Å². The molecule has 0 aromatic carbocycles. The molecule has 3 heteroatoms. The summed E-state index contributed by atoms with van der Waals surface area (Å²) in [6, 6.07) is 2.09. The van der Waals surface area contributed by atoms with Gasteiger partial charge in [0.1, 0.15) is 0 Å². The number of rotatable bonds is 4. The molecule has 0 aliphatic heterocycles. The summed E-state index contributed by atoms with van der Waals surface area (Å²) < 4.78 is 0. The molecular weight excluding hydrogens is 234 g/mol. The van der Waals surface area contributed by atoms with Gasteiger partial charge >= 0.3 is 0 Å². The predicted molar refractivity (Wildman–Crippen MR) is 78.3 cm³/mol. The number of fused-ring (bicyclic) bond motifs is 2. The molecule has 1 aromatic heterocycles. The van der Waals surface area contributed by atoms with Crippen molar-refractivity contribution in [3.63, 3.8) is 0 Å². The highest BCUT2D eigenvalue weighted by atomic mass is 15.1. The number of aromatic nitrogens is 2. The van der Waals surface area contributed by atoms with Gasteiger partial charge in [0, 0.05) is 17.9 Å². The molecule has 3 nitrogen and oxygen atoms in total. The van der Waals surface area contributed by atoms with Crippen LogP contribution >= 0.6 is 0 Å². The van der Waals surface area contributed by atoms with Crippen LogP contribution in [-0.2, 0) is 0 Å². The monoisotopic (exact) mass is 259 g/mol. The Morgan fingerprint density at radius 3 is 2.74 bits per heavy atom. The van der Waals surface area contributed by atoms with E-state index in [-0.39, 0.29) is 0 Å². The number of hydrogen-bond donors (Lipinski definition) is 1. The highest BCUT2D eigenvalue weighted by molar-refractivity contribution is 5.29. The Morgan fingerprint density at radius 2 is 2.11 bits per heavy atom. The lowest BCUT2D eigenvalue weighted by atomic mass is 9.89. The molecule has 1 heterocycles. The van der Waals surface area contributed by atoms with E-state index in [1.807, 2.05) is 0 Å². The van der Waals surface area contributed by atoms with Crippen molar-refractivity contribution in [2.24, 2.45) is 17.8 Å². The minimum Gasteiger partial charge on any atom is -0.354 e. The third-order valence-electron chi connectivity index (χ3n) is 4.87. The van der Waals surface area contributed by atoms with Gasteiger partial charge in [0.15, 0.2) is 0 Å². The van der Waals surface area contributed by atoms with Crippen LogP contribution in [0.25, 0.3) is 0 Å². The van der Waals surface area contributed by atoms with Crippen LogP contribution in [0, 0.1) is 24.7 Å². The number of aryl methyl sites for hydroxylation is 1. The summed E-state index contributed by atoms with van der Waals surface area (Å²) in [7, 11) is 0. The average Bonchev–Trinajstić information content (AvgIpc) is 2.97. The quantitative estimate of drug-likeness (QED) is 0.894. The minimum atomic E-state index is 0.463. The summed E-state index contributed by atoms with van der Waals surface area (Å²) in [5.41, 5.74) is 2.21. The van der Waals surface area contributed by atoms with Gasteiger partial charge in [-0.15, -0.1) is 0 Å². The van der Waals surface area contributed by atoms with Crippen molar-refractivity contribution in [1.29, 1.82) is 0 Å². The maximum Gasteiger partial charge on any atom is 0.223 e. The van der Waals surface area contributed by atoms with Gasteiger partial charge in [-0.1, -0.05) is 20.3 Å². The van der Waals surface area contributed by atoms with Gasteiger partial charge in [0.25, 0.3) is 0 Å². The fourth-order valence-corrected chi connectivity index (χ4v) is 3.82. The Hall–Kier alpha value is -1.12. The highest BCUT2D eigenvalue weighted by Crippen LogP contribution is 2.48. The van der Waals surface area contributed by atoms with Crippen molar-refractivity contribution in [3.8, 4) is 0 Å². The van der Waals surface area contributed by atoms with Crippen LogP contribution in [-0.4, -0.2) is 16.5 Å². The highest BCUT2D eigenvalue weighted by Gasteiger charge is 2.39. The molecule has 0 spiro atoms. The molecule has 19 heavy (non-hydrogen) atoms. The molecule has 2 saturated carbocycles. The number of nitrogens with one attached hydrogen (secondary N) is 1. The Morgan fingerprint density at radius 1 is 1.26 bits per heavy atom. The summed E-state index contributed by atoms with van der Waals surface area (Å²) in [5, 5.41) is 3.49.